The van der Waals surface area contributed by atoms with Crippen LogP contribution in [0, 0.1) is 0 Å². The van der Waals surface area contributed by atoms with Crippen LogP contribution in [0.15, 0.2) is 72.8 Å². The molecule has 7 heteroatoms. The third-order valence-corrected chi connectivity index (χ3v) is 7.28. The minimum Gasteiger partial charge on any atom is -0.492 e. The summed E-state index contributed by atoms with van der Waals surface area (Å²) in [6, 6.07) is 25.0. The average molecular weight is 518 g/mol. The van der Waals surface area contributed by atoms with Gasteiger partial charge in [-0.25, -0.2) is 0 Å². The van der Waals surface area contributed by atoms with Gasteiger partial charge in [0.15, 0.2) is 0 Å². The molecular weight excluding hydrogens is 478 g/mol. The molecule has 4 aromatic rings. The summed E-state index contributed by atoms with van der Waals surface area (Å²) in [6.45, 7) is 7.71. The number of benzene rings is 3. The van der Waals surface area contributed by atoms with E-state index in [1.807, 2.05) is 24.3 Å². The van der Waals surface area contributed by atoms with Crippen LogP contribution in [0.1, 0.15) is 12.0 Å². The van der Waals surface area contributed by atoms with Crippen molar-refractivity contribution in [3.05, 3.63) is 78.4 Å². The molecule has 3 aromatic carbocycles. The topological polar surface area (TPSA) is 70.3 Å². The molecule has 1 saturated heterocycles. The summed E-state index contributed by atoms with van der Waals surface area (Å²) in [5, 5.41) is 23.0. The van der Waals surface area contributed by atoms with Gasteiger partial charge in [0.2, 0.25) is 0 Å². The molecule has 0 saturated carbocycles. The smallest absolute Gasteiger partial charge is 0.119 e. The third-order valence-electron chi connectivity index (χ3n) is 7.28. The van der Waals surface area contributed by atoms with E-state index in [2.05, 4.69) is 62.9 Å². The van der Waals surface area contributed by atoms with E-state index in [4.69, 9.17) is 9.47 Å². The van der Waals surface area contributed by atoms with Crippen molar-refractivity contribution < 1.29 is 19.7 Å². The molecule has 1 fully saturated rings. The number of nitrogens with zero attached hydrogens (tertiary/aromatic N) is 3. The monoisotopic (exact) mass is 517 g/mol. The Kier molecular flexibility index (Phi) is 9.28. The Morgan fingerprint density at radius 3 is 2.21 bits per heavy atom. The third kappa shape index (κ3) is 6.73. The zero-order valence-electron chi connectivity index (χ0n) is 22.0. The fourth-order valence-corrected chi connectivity index (χ4v) is 5.36. The van der Waals surface area contributed by atoms with Crippen LogP contribution in [0.2, 0.25) is 0 Å². The molecule has 1 atom stereocenters. The van der Waals surface area contributed by atoms with Gasteiger partial charge in [-0.15, -0.1) is 0 Å². The van der Waals surface area contributed by atoms with Crippen molar-refractivity contribution in [2.45, 2.75) is 25.6 Å². The molecule has 38 heavy (non-hydrogen) atoms. The maximum Gasteiger partial charge on any atom is 0.119 e. The molecule has 1 unspecified atom stereocenters. The standard InChI is InChI=1S/C31H39N3O4/c35-18-5-14-33(22-25-10-12-27(13-11-25)38-21-17-32-15-19-37-20-16-32)23-26(36)24-34-30-8-3-1-6-28(30)29-7-2-4-9-31(29)34/h1-4,6-13,26,35-36H,5,14-24H2. The molecule has 0 amide bonds. The van der Waals surface area contributed by atoms with E-state index in [9.17, 15) is 10.2 Å². The van der Waals surface area contributed by atoms with E-state index in [1.165, 1.54) is 10.8 Å². The van der Waals surface area contributed by atoms with E-state index in [0.29, 0.717) is 32.7 Å². The Balaban J connectivity index is 1.19. The minimum absolute atomic E-state index is 0.134. The normalized spacial score (nSPS) is 15.4. The summed E-state index contributed by atoms with van der Waals surface area (Å²) >= 11 is 0. The van der Waals surface area contributed by atoms with Crippen LogP contribution in [0.5, 0.6) is 5.75 Å². The Morgan fingerprint density at radius 1 is 0.895 bits per heavy atom. The van der Waals surface area contributed by atoms with Crippen molar-refractivity contribution in [2.75, 3.05) is 59.2 Å². The lowest BCUT2D eigenvalue weighted by molar-refractivity contribution is 0.0322. The first kappa shape index (κ1) is 26.7. The first-order valence-corrected chi connectivity index (χ1v) is 13.7. The summed E-state index contributed by atoms with van der Waals surface area (Å²) in [5.74, 6) is 0.871. The number of para-hydroxylation sites is 2. The first-order chi connectivity index (χ1) is 18.7. The van der Waals surface area contributed by atoms with E-state index >= 15 is 0 Å². The molecule has 2 heterocycles. The molecule has 2 N–H and O–H groups in total. The van der Waals surface area contributed by atoms with Crippen molar-refractivity contribution in [3.8, 4) is 5.75 Å². The van der Waals surface area contributed by atoms with Gasteiger partial charge in [-0.2, -0.15) is 0 Å². The number of rotatable bonds is 13. The van der Waals surface area contributed by atoms with Gasteiger partial charge in [-0.3, -0.25) is 9.80 Å². The number of hydrogen-bond acceptors (Lipinski definition) is 6. The number of aromatic nitrogens is 1. The highest BCUT2D eigenvalue weighted by atomic mass is 16.5. The average Bonchev–Trinajstić information content (AvgIpc) is 3.26. The van der Waals surface area contributed by atoms with Crippen LogP contribution in [-0.4, -0.2) is 89.8 Å². The Morgan fingerprint density at radius 2 is 1.55 bits per heavy atom. The summed E-state index contributed by atoms with van der Waals surface area (Å²) in [5.41, 5.74) is 3.44. The predicted octanol–water partition coefficient (Wildman–Crippen LogP) is 3.75. The maximum atomic E-state index is 11.2. The van der Waals surface area contributed by atoms with Crippen LogP contribution in [0.25, 0.3) is 21.8 Å². The lowest BCUT2D eigenvalue weighted by Crippen LogP contribution is -2.38. The van der Waals surface area contributed by atoms with Gasteiger partial charge in [0.25, 0.3) is 0 Å². The highest BCUT2D eigenvalue weighted by Crippen LogP contribution is 2.29. The summed E-state index contributed by atoms with van der Waals surface area (Å²) in [4.78, 5) is 4.59. The van der Waals surface area contributed by atoms with Gasteiger partial charge in [-0.1, -0.05) is 48.5 Å². The highest BCUT2D eigenvalue weighted by molar-refractivity contribution is 6.07. The lowest BCUT2D eigenvalue weighted by atomic mass is 10.2. The van der Waals surface area contributed by atoms with Crippen LogP contribution < -0.4 is 4.74 Å². The van der Waals surface area contributed by atoms with Gasteiger partial charge < -0.3 is 24.3 Å². The Labute approximate surface area is 224 Å². The molecule has 1 aliphatic rings. The molecular formula is C31H39N3O4. The van der Waals surface area contributed by atoms with Gasteiger partial charge in [0.1, 0.15) is 12.4 Å². The van der Waals surface area contributed by atoms with Crippen molar-refractivity contribution in [1.29, 1.82) is 0 Å². The number of aliphatic hydroxyl groups excluding tert-OH is 2. The number of ether oxygens (including phenoxy) is 2. The second-order valence-corrected chi connectivity index (χ2v) is 10.1. The molecule has 202 valence electrons. The van der Waals surface area contributed by atoms with Gasteiger partial charge in [0, 0.05) is 67.7 Å². The SMILES string of the molecule is OCCCN(Cc1ccc(OCCN2CCOCC2)cc1)CC(O)Cn1c2ccccc2c2ccccc21. The fourth-order valence-electron chi connectivity index (χ4n) is 5.36. The molecule has 1 aromatic heterocycles. The largest absolute Gasteiger partial charge is 0.492 e. The van der Waals surface area contributed by atoms with Crippen molar-refractivity contribution >= 4 is 21.8 Å². The van der Waals surface area contributed by atoms with Gasteiger partial charge in [-0.05, 0) is 36.2 Å². The molecule has 7 nitrogen and oxygen atoms in total. The molecule has 1 aliphatic heterocycles. The number of fused-ring (bicyclic) bond motifs is 3. The first-order valence-electron chi connectivity index (χ1n) is 13.7. The zero-order chi connectivity index (χ0) is 26.2. The predicted molar refractivity (Wildman–Crippen MR) is 152 cm³/mol. The van der Waals surface area contributed by atoms with Crippen LogP contribution in [0.4, 0.5) is 0 Å². The summed E-state index contributed by atoms with van der Waals surface area (Å²) in [7, 11) is 0. The number of aliphatic hydroxyl groups is 2. The number of hydrogen-bond donors (Lipinski definition) is 2. The molecule has 5 rings (SSSR count). The maximum absolute atomic E-state index is 11.2. The highest BCUT2D eigenvalue weighted by Gasteiger charge is 2.17. The van der Waals surface area contributed by atoms with Crippen molar-refractivity contribution in [1.82, 2.24) is 14.4 Å². The second-order valence-electron chi connectivity index (χ2n) is 10.1. The van der Waals surface area contributed by atoms with E-state index in [-0.39, 0.29) is 6.61 Å². The van der Waals surface area contributed by atoms with Crippen molar-refractivity contribution in [3.63, 3.8) is 0 Å². The second kappa shape index (κ2) is 13.2. The molecule has 0 aliphatic carbocycles. The van der Waals surface area contributed by atoms with Gasteiger partial charge in [0.05, 0.1) is 25.9 Å². The number of morpholine rings is 1. The van der Waals surface area contributed by atoms with E-state index in [1.54, 1.807) is 0 Å². The zero-order valence-corrected chi connectivity index (χ0v) is 22.0. The quantitative estimate of drug-likeness (QED) is 0.282. The fraction of sp³-hybridized carbons (Fsp3) is 0.419. The van der Waals surface area contributed by atoms with Crippen LogP contribution in [0.3, 0.4) is 0 Å². The van der Waals surface area contributed by atoms with E-state index < -0.39 is 6.10 Å². The molecule has 0 radical (unpaired) electrons. The van der Waals surface area contributed by atoms with E-state index in [0.717, 1.165) is 61.7 Å². The van der Waals surface area contributed by atoms with Gasteiger partial charge >= 0.3 is 0 Å². The lowest BCUT2D eigenvalue weighted by Gasteiger charge is -2.26. The minimum atomic E-state index is -0.546. The molecule has 0 spiro atoms. The van der Waals surface area contributed by atoms with Crippen LogP contribution >= 0.6 is 0 Å². The molecule has 0 bridgehead atoms. The van der Waals surface area contributed by atoms with Crippen molar-refractivity contribution in [2.24, 2.45) is 0 Å². The Bertz CT molecular complexity index is 1230. The Hall–Kier alpha value is -2.94. The summed E-state index contributed by atoms with van der Waals surface area (Å²) < 4.78 is 13.6. The van der Waals surface area contributed by atoms with Crippen LogP contribution in [-0.2, 0) is 17.8 Å². The summed E-state index contributed by atoms with van der Waals surface area (Å²) in [6.07, 6.45) is 0.126.